The maximum absolute atomic E-state index is 10.8. The summed E-state index contributed by atoms with van der Waals surface area (Å²) in [6, 6.07) is 6.15. The third-order valence-corrected chi connectivity index (χ3v) is 5.60. The number of benzene rings is 1. The number of aliphatic hydroxyl groups excluding tert-OH is 1. The molecule has 2 aromatic rings. The van der Waals surface area contributed by atoms with Crippen LogP contribution in [0.15, 0.2) is 24.4 Å². The molecule has 0 saturated carbocycles. The summed E-state index contributed by atoms with van der Waals surface area (Å²) in [6.45, 7) is 10.9. The van der Waals surface area contributed by atoms with E-state index in [4.69, 9.17) is 0 Å². The van der Waals surface area contributed by atoms with Gasteiger partial charge in [-0.15, -0.1) is 0 Å². The lowest BCUT2D eigenvalue weighted by molar-refractivity contribution is 0.238. The molecule has 2 N–H and O–H groups in total. The predicted octanol–water partition coefficient (Wildman–Crippen LogP) is 4.68. The average molecular weight is 315 g/mol. The molecule has 0 aliphatic carbocycles. The lowest BCUT2D eigenvalue weighted by Gasteiger charge is -2.29. The first-order valence-corrected chi connectivity index (χ1v) is 8.52. The summed E-state index contributed by atoms with van der Waals surface area (Å²) in [6.07, 6.45) is 4.28. The summed E-state index contributed by atoms with van der Waals surface area (Å²) >= 11 is 0. The van der Waals surface area contributed by atoms with Gasteiger partial charge in [-0.25, -0.2) is 0 Å². The van der Waals surface area contributed by atoms with Crippen molar-refractivity contribution in [2.75, 3.05) is 6.61 Å². The molecule has 1 aromatic carbocycles. The van der Waals surface area contributed by atoms with Gasteiger partial charge in [0.05, 0.1) is 5.52 Å². The number of fused-ring (bicyclic) bond motifs is 1. The second-order valence-electron chi connectivity index (χ2n) is 7.38. The van der Waals surface area contributed by atoms with Crippen LogP contribution in [-0.2, 0) is 10.8 Å². The van der Waals surface area contributed by atoms with Crippen LogP contribution < -0.4 is 0 Å². The van der Waals surface area contributed by atoms with Crippen molar-refractivity contribution in [1.82, 2.24) is 4.98 Å². The predicted molar refractivity (Wildman–Crippen MR) is 96.1 cm³/mol. The lowest BCUT2D eigenvalue weighted by atomic mass is 9.77. The van der Waals surface area contributed by atoms with Crippen LogP contribution in [0.25, 0.3) is 10.9 Å². The van der Waals surface area contributed by atoms with Crippen molar-refractivity contribution in [3.8, 4) is 5.75 Å². The van der Waals surface area contributed by atoms with E-state index in [-0.39, 0.29) is 17.4 Å². The van der Waals surface area contributed by atoms with Crippen molar-refractivity contribution in [1.29, 1.82) is 0 Å². The van der Waals surface area contributed by atoms with Gasteiger partial charge in [-0.3, -0.25) is 4.98 Å². The molecule has 0 aliphatic rings. The minimum atomic E-state index is -0.263. The first-order valence-electron chi connectivity index (χ1n) is 8.52. The number of rotatable bonds is 6. The summed E-state index contributed by atoms with van der Waals surface area (Å²) in [7, 11) is 0. The van der Waals surface area contributed by atoms with E-state index in [9.17, 15) is 10.2 Å². The van der Waals surface area contributed by atoms with Gasteiger partial charge in [0.2, 0.25) is 0 Å². The van der Waals surface area contributed by atoms with Crippen molar-refractivity contribution in [2.24, 2.45) is 0 Å². The van der Waals surface area contributed by atoms with Gasteiger partial charge in [0, 0.05) is 23.8 Å². The number of aromatic hydroxyl groups is 1. The number of hydrogen-bond donors (Lipinski definition) is 2. The molecule has 1 atom stereocenters. The largest absolute Gasteiger partial charge is 0.507 e. The van der Waals surface area contributed by atoms with Gasteiger partial charge < -0.3 is 10.2 Å². The van der Waals surface area contributed by atoms with E-state index in [2.05, 4.69) is 51.7 Å². The van der Waals surface area contributed by atoms with E-state index in [0.717, 1.165) is 29.3 Å². The molecule has 0 amide bonds. The third-order valence-electron chi connectivity index (χ3n) is 5.60. The highest BCUT2D eigenvalue weighted by Gasteiger charge is 2.29. The molecule has 23 heavy (non-hydrogen) atoms. The number of aromatic nitrogens is 1. The Kier molecular flexibility index (Phi) is 5.00. The fourth-order valence-corrected chi connectivity index (χ4v) is 2.99. The standard InChI is InChI=1S/C20H29NO2/c1-6-19(3,4)14-8-9-15-17(12-14)21-13-16(18(15)23)20(5,7-2)10-11-22/h8-9,12-13,22H,6-7,10-11H2,1-5H3,(H,21,23). The van der Waals surface area contributed by atoms with Crippen molar-refractivity contribution >= 4 is 10.9 Å². The molecule has 0 radical (unpaired) electrons. The van der Waals surface area contributed by atoms with Crippen LogP contribution in [0, 0.1) is 0 Å². The van der Waals surface area contributed by atoms with Crippen LogP contribution >= 0.6 is 0 Å². The SMILES string of the molecule is CCC(C)(C)c1ccc2c(O)c(C(C)(CC)CCO)cnc2c1. The van der Waals surface area contributed by atoms with Crippen LogP contribution in [0.5, 0.6) is 5.75 Å². The minimum Gasteiger partial charge on any atom is -0.507 e. The number of nitrogens with zero attached hydrogens (tertiary/aromatic N) is 1. The Morgan fingerprint density at radius 3 is 2.35 bits per heavy atom. The van der Waals surface area contributed by atoms with Gasteiger partial charge in [-0.05, 0) is 47.8 Å². The van der Waals surface area contributed by atoms with Crippen molar-refractivity contribution in [2.45, 2.75) is 64.7 Å². The molecule has 0 fully saturated rings. The van der Waals surface area contributed by atoms with E-state index in [1.807, 2.05) is 6.07 Å². The van der Waals surface area contributed by atoms with Crippen LogP contribution in [0.4, 0.5) is 0 Å². The van der Waals surface area contributed by atoms with Crippen molar-refractivity contribution < 1.29 is 10.2 Å². The second-order valence-corrected chi connectivity index (χ2v) is 7.38. The normalized spacial score (nSPS) is 14.9. The molecule has 0 aliphatic heterocycles. The summed E-state index contributed by atoms with van der Waals surface area (Å²) in [5.74, 6) is 0.300. The zero-order valence-electron chi connectivity index (χ0n) is 15.0. The Balaban J connectivity index is 2.59. The molecule has 1 aromatic heterocycles. The van der Waals surface area contributed by atoms with Crippen molar-refractivity contribution in [3.63, 3.8) is 0 Å². The maximum Gasteiger partial charge on any atom is 0.130 e. The molecule has 1 unspecified atom stereocenters. The molecular weight excluding hydrogens is 286 g/mol. The fourth-order valence-electron chi connectivity index (χ4n) is 2.99. The van der Waals surface area contributed by atoms with Gasteiger partial charge in [0.25, 0.3) is 0 Å². The zero-order valence-corrected chi connectivity index (χ0v) is 15.0. The van der Waals surface area contributed by atoms with Crippen LogP contribution in [0.2, 0.25) is 0 Å². The molecule has 0 spiro atoms. The molecule has 0 bridgehead atoms. The second kappa shape index (κ2) is 6.48. The lowest BCUT2D eigenvalue weighted by Crippen LogP contribution is -2.23. The Hall–Kier alpha value is -1.61. The summed E-state index contributed by atoms with van der Waals surface area (Å²) in [5, 5.41) is 20.9. The Morgan fingerprint density at radius 1 is 1.09 bits per heavy atom. The molecule has 1 heterocycles. The van der Waals surface area contributed by atoms with Crippen LogP contribution in [-0.4, -0.2) is 21.8 Å². The number of pyridine rings is 1. The van der Waals surface area contributed by atoms with E-state index in [0.29, 0.717) is 12.2 Å². The summed E-state index contributed by atoms with van der Waals surface area (Å²) in [4.78, 5) is 4.61. The monoisotopic (exact) mass is 315 g/mol. The van der Waals surface area contributed by atoms with Gasteiger partial charge in [-0.1, -0.05) is 40.7 Å². The van der Waals surface area contributed by atoms with Gasteiger partial charge in [0.15, 0.2) is 0 Å². The first kappa shape index (κ1) is 17.7. The molecule has 0 saturated heterocycles. The molecule has 3 heteroatoms. The number of aliphatic hydroxyl groups is 1. The Bertz CT molecular complexity index is 693. The molecule has 3 nitrogen and oxygen atoms in total. The fraction of sp³-hybridized carbons (Fsp3) is 0.550. The smallest absolute Gasteiger partial charge is 0.130 e. The maximum atomic E-state index is 10.8. The van der Waals surface area contributed by atoms with Gasteiger partial charge >= 0.3 is 0 Å². The van der Waals surface area contributed by atoms with E-state index >= 15 is 0 Å². The quantitative estimate of drug-likeness (QED) is 0.814. The van der Waals surface area contributed by atoms with E-state index in [1.54, 1.807) is 6.20 Å². The first-order chi connectivity index (χ1) is 10.8. The van der Waals surface area contributed by atoms with Gasteiger partial charge in [0.1, 0.15) is 5.75 Å². The van der Waals surface area contributed by atoms with Crippen LogP contribution in [0.1, 0.15) is 65.0 Å². The van der Waals surface area contributed by atoms with Crippen LogP contribution in [0.3, 0.4) is 0 Å². The van der Waals surface area contributed by atoms with E-state index < -0.39 is 0 Å². The van der Waals surface area contributed by atoms with Gasteiger partial charge in [-0.2, -0.15) is 0 Å². The zero-order chi connectivity index (χ0) is 17.3. The summed E-state index contributed by atoms with van der Waals surface area (Å²) in [5.41, 5.74) is 2.72. The highest BCUT2D eigenvalue weighted by atomic mass is 16.3. The van der Waals surface area contributed by atoms with E-state index in [1.165, 1.54) is 5.56 Å². The topological polar surface area (TPSA) is 53.4 Å². The number of hydrogen-bond acceptors (Lipinski definition) is 3. The molecular formula is C20H29NO2. The Labute approximate surface area is 139 Å². The average Bonchev–Trinajstić information content (AvgIpc) is 2.54. The third kappa shape index (κ3) is 3.20. The molecule has 2 rings (SSSR count). The highest BCUT2D eigenvalue weighted by molar-refractivity contribution is 5.87. The van der Waals surface area contributed by atoms with Crippen molar-refractivity contribution in [3.05, 3.63) is 35.5 Å². The summed E-state index contributed by atoms with van der Waals surface area (Å²) < 4.78 is 0. The molecule has 126 valence electrons. The highest BCUT2D eigenvalue weighted by Crippen LogP contribution is 2.40. The minimum absolute atomic E-state index is 0.0962. The Morgan fingerprint density at radius 2 is 1.78 bits per heavy atom.